The van der Waals surface area contributed by atoms with Gasteiger partial charge in [-0.05, 0) is 28.4 Å². The fourth-order valence-electron chi connectivity index (χ4n) is 6.57. The Bertz CT molecular complexity index is 1490. The molecule has 2 aromatic carbocycles. The Morgan fingerprint density at radius 1 is 0.692 bits per heavy atom. The van der Waals surface area contributed by atoms with E-state index in [1.165, 1.54) is 39.5 Å². The van der Waals surface area contributed by atoms with Crippen molar-refractivity contribution in [2.45, 2.75) is 108 Å². The van der Waals surface area contributed by atoms with Gasteiger partial charge in [0.2, 0.25) is 0 Å². The van der Waals surface area contributed by atoms with E-state index in [9.17, 15) is 19.2 Å². The number of hydrogen-bond donors (Lipinski definition) is 0. The van der Waals surface area contributed by atoms with E-state index in [2.05, 4.69) is 45.0 Å². The average Bonchev–Trinajstić information content (AvgIpc) is 3.07. The number of rotatable bonds is 14. The molecule has 2 heterocycles. The number of carbonyl (C=O) groups excluding carboxylic acids is 4. The molecule has 0 bridgehead atoms. The van der Waals surface area contributed by atoms with Gasteiger partial charge in [-0.2, -0.15) is 0 Å². The Balaban J connectivity index is 1.75. The molecule has 14 heteroatoms. The lowest BCUT2D eigenvalue weighted by Crippen LogP contribution is -2.67. The third-order valence-electron chi connectivity index (χ3n) is 8.58. The van der Waals surface area contributed by atoms with Crippen LogP contribution in [0.15, 0.2) is 72.8 Å². The van der Waals surface area contributed by atoms with Crippen LogP contribution in [0.25, 0.3) is 0 Å². The van der Waals surface area contributed by atoms with Crippen molar-refractivity contribution in [2.75, 3.05) is 19.8 Å². The van der Waals surface area contributed by atoms with Crippen molar-refractivity contribution >= 4 is 54.3 Å². The van der Waals surface area contributed by atoms with Crippen LogP contribution in [0.5, 0.6) is 0 Å². The number of esters is 4. The van der Waals surface area contributed by atoms with Gasteiger partial charge in [0.05, 0.1) is 18.0 Å². The second-order valence-corrected chi connectivity index (χ2v) is 19.1. The minimum absolute atomic E-state index is 0.157. The lowest BCUT2D eigenvalue weighted by Gasteiger charge is -2.46. The Labute approximate surface area is 310 Å². The van der Waals surface area contributed by atoms with Crippen molar-refractivity contribution in [1.82, 2.24) is 0 Å². The van der Waals surface area contributed by atoms with Crippen LogP contribution in [0.4, 0.5) is 0 Å². The molecule has 0 saturated carbocycles. The molecule has 52 heavy (non-hydrogen) atoms. The Morgan fingerprint density at radius 2 is 1.23 bits per heavy atom. The van der Waals surface area contributed by atoms with Crippen LogP contribution in [-0.2, 0) is 56.8 Å². The Morgan fingerprint density at radius 3 is 1.73 bits per heavy atom. The Hall–Kier alpha value is -3.53. The van der Waals surface area contributed by atoms with Crippen LogP contribution in [-0.4, -0.2) is 99.5 Å². The highest BCUT2D eigenvalue weighted by molar-refractivity contribution is 8.00. The molecule has 1 fully saturated rings. The van der Waals surface area contributed by atoms with Gasteiger partial charge >= 0.3 is 23.9 Å². The number of ether oxygens (including phenoxy) is 7. The minimum Gasteiger partial charge on any atom is -0.463 e. The van der Waals surface area contributed by atoms with Crippen LogP contribution >= 0.6 is 11.8 Å². The first-order chi connectivity index (χ1) is 24.7. The van der Waals surface area contributed by atoms with Gasteiger partial charge in [-0.1, -0.05) is 87.5 Å². The van der Waals surface area contributed by atoms with Gasteiger partial charge in [0.15, 0.2) is 24.6 Å². The van der Waals surface area contributed by atoms with Crippen LogP contribution in [0.3, 0.4) is 0 Å². The van der Waals surface area contributed by atoms with Crippen molar-refractivity contribution in [1.29, 1.82) is 0 Å². The van der Waals surface area contributed by atoms with Gasteiger partial charge in [-0.3, -0.25) is 19.2 Å². The summed E-state index contributed by atoms with van der Waals surface area (Å²) in [6, 6.07) is 20.5. The summed E-state index contributed by atoms with van der Waals surface area (Å²) in [4.78, 5) is 48.9. The number of hydrogen-bond acceptors (Lipinski definition) is 13. The first-order valence-electron chi connectivity index (χ1n) is 17.3. The second kappa shape index (κ2) is 18.5. The summed E-state index contributed by atoms with van der Waals surface area (Å²) in [5.74, 6) is -2.66. The summed E-state index contributed by atoms with van der Waals surface area (Å²) in [6.07, 6.45) is -2.35. The summed E-state index contributed by atoms with van der Waals surface area (Å²) in [6.45, 7) is 13.5. The fourth-order valence-corrected chi connectivity index (χ4v) is 12.5. The molecule has 4 rings (SSSR count). The zero-order valence-electron chi connectivity index (χ0n) is 31.0. The molecule has 12 nitrogen and oxygen atoms in total. The number of thioether (sulfide) groups is 1. The molecule has 0 amide bonds. The molecule has 8 atom stereocenters. The van der Waals surface area contributed by atoms with E-state index in [4.69, 9.17) is 37.6 Å². The van der Waals surface area contributed by atoms with E-state index in [1.807, 2.05) is 49.4 Å². The van der Waals surface area contributed by atoms with Gasteiger partial charge in [0.1, 0.15) is 18.1 Å². The molecule has 0 radical (unpaired) electrons. The van der Waals surface area contributed by atoms with Crippen LogP contribution in [0, 0.1) is 0 Å². The molecule has 2 aliphatic heterocycles. The predicted molar refractivity (Wildman–Crippen MR) is 196 cm³/mol. The lowest BCUT2D eigenvalue weighted by atomic mass is 9.99. The molecular weight excluding hydrogens is 709 g/mol. The fraction of sp³-hybridized carbons (Fsp3) is 0.526. The van der Waals surface area contributed by atoms with Crippen molar-refractivity contribution in [3.05, 3.63) is 72.8 Å². The molecule has 0 N–H and O–H groups in total. The standard InChI is InChI=1S/C38H50O12SSi/c1-9-43-33-21-20-32(30(49-33)23-45-52(38(6,7)8,28-16-12-10-13-17-28)29-18-14-11-15-19-29)51-37-36(48-27(5)42)35(47-26(4)41)34(46-25(3)40)31(50-37)22-44-24(2)39/h10-21,30-37H,9,22-23H2,1-8H3/t30-,31-,32-,33+,34-,35+,36-,37+/m1/s1. The maximum Gasteiger partial charge on any atom is 0.303 e. The molecule has 1 saturated heterocycles. The summed E-state index contributed by atoms with van der Waals surface area (Å²) in [5, 5.41) is 1.44. The van der Waals surface area contributed by atoms with Gasteiger partial charge in [-0.25, -0.2) is 0 Å². The van der Waals surface area contributed by atoms with Crippen LogP contribution < -0.4 is 10.4 Å². The van der Waals surface area contributed by atoms with E-state index in [1.54, 1.807) is 6.08 Å². The summed E-state index contributed by atoms with van der Waals surface area (Å²) < 4.78 is 48.3. The van der Waals surface area contributed by atoms with Crippen molar-refractivity contribution < 1.29 is 56.8 Å². The van der Waals surface area contributed by atoms with Crippen LogP contribution in [0.1, 0.15) is 55.4 Å². The number of carbonyl (C=O) groups is 4. The van der Waals surface area contributed by atoms with Gasteiger partial charge in [-0.15, -0.1) is 11.8 Å². The lowest BCUT2D eigenvalue weighted by molar-refractivity contribution is -0.237. The Kier molecular flexibility index (Phi) is 14.7. The highest BCUT2D eigenvalue weighted by atomic mass is 32.2. The highest BCUT2D eigenvalue weighted by Crippen LogP contribution is 2.41. The molecule has 0 aromatic heterocycles. The SMILES string of the molecule is CCO[C@@H]1C=C[C@@H](S[C@@H]2O[C@H](COC(C)=O)[C@@H](OC(C)=O)[C@H](OC(C)=O)[C@H]2OC(C)=O)[C@@H](CO[Si](c2ccccc2)(c2ccccc2)C(C)(C)C)O1. The van der Waals surface area contributed by atoms with Gasteiger partial charge < -0.3 is 37.6 Å². The smallest absolute Gasteiger partial charge is 0.303 e. The molecule has 2 aliphatic rings. The minimum atomic E-state index is -2.99. The maximum absolute atomic E-state index is 12.5. The van der Waals surface area contributed by atoms with E-state index in [0.29, 0.717) is 6.61 Å². The third-order valence-corrected chi connectivity index (χ3v) is 15.0. The topological polar surface area (TPSA) is 142 Å². The maximum atomic E-state index is 12.5. The van der Waals surface area contributed by atoms with E-state index in [0.717, 1.165) is 10.4 Å². The van der Waals surface area contributed by atoms with E-state index < -0.39 is 79.7 Å². The van der Waals surface area contributed by atoms with Crippen molar-refractivity contribution in [3.8, 4) is 0 Å². The van der Waals surface area contributed by atoms with Gasteiger partial charge in [0, 0.05) is 34.3 Å². The molecule has 2 aromatic rings. The monoisotopic (exact) mass is 758 g/mol. The van der Waals surface area contributed by atoms with Gasteiger partial charge in [0.25, 0.3) is 8.32 Å². The van der Waals surface area contributed by atoms with Crippen molar-refractivity contribution in [2.24, 2.45) is 0 Å². The molecule has 0 aliphatic carbocycles. The first-order valence-corrected chi connectivity index (χ1v) is 20.2. The molecule has 284 valence electrons. The van der Waals surface area contributed by atoms with E-state index >= 15 is 0 Å². The van der Waals surface area contributed by atoms with Crippen molar-refractivity contribution in [3.63, 3.8) is 0 Å². The first kappa shape index (κ1) is 41.2. The van der Waals surface area contributed by atoms with Crippen LogP contribution in [0.2, 0.25) is 5.04 Å². The average molecular weight is 759 g/mol. The quantitative estimate of drug-likeness (QED) is 0.118. The summed E-state index contributed by atoms with van der Waals surface area (Å²) in [5.41, 5.74) is -1.00. The second-order valence-electron chi connectivity index (χ2n) is 13.5. The predicted octanol–water partition coefficient (Wildman–Crippen LogP) is 4.07. The molecular formula is C38H50O12SSi. The molecule has 0 spiro atoms. The summed E-state index contributed by atoms with van der Waals surface area (Å²) >= 11 is 1.26. The normalized spacial score (nSPS) is 26.2. The zero-order valence-corrected chi connectivity index (χ0v) is 32.8. The van der Waals surface area contributed by atoms with E-state index in [-0.39, 0.29) is 18.3 Å². The highest BCUT2D eigenvalue weighted by Gasteiger charge is 2.54. The number of benzene rings is 2. The largest absolute Gasteiger partial charge is 0.463 e. The third kappa shape index (κ3) is 10.3. The molecule has 0 unspecified atom stereocenters. The zero-order chi connectivity index (χ0) is 38.1. The summed E-state index contributed by atoms with van der Waals surface area (Å²) in [7, 11) is -2.99.